The van der Waals surface area contributed by atoms with Gasteiger partial charge in [0.1, 0.15) is 17.8 Å². The molecular formula is C14H18O3. The lowest BCUT2D eigenvalue weighted by molar-refractivity contribution is 0.128. The molecule has 0 amide bonds. The largest absolute Gasteiger partial charge is 0.487 e. The van der Waals surface area contributed by atoms with E-state index in [0.29, 0.717) is 6.61 Å². The first-order valence-electron chi connectivity index (χ1n) is 6.05. The Morgan fingerprint density at radius 2 is 2.06 bits per heavy atom. The number of benzene rings is 1. The van der Waals surface area contributed by atoms with Crippen molar-refractivity contribution in [1.29, 1.82) is 0 Å². The molecule has 1 saturated heterocycles. The van der Waals surface area contributed by atoms with E-state index in [1.165, 1.54) is 5.56 Å². The van der Waals surface area contributed by atoms with Crippen LogP contribution in [0.4, 0.5) is 0 Å². The van der Waals surface area contributed by atoms with E-state index in [1.807, 2.05) is 12.1 Å². The predicted molar refractivity (Wildman–Crippen MR) is 64.7 cm³/mol. The summed E-state index contributed by atoms with van der Waals surface area (Å²) in [7, 11) is 0. The summed E-state index contributed by atoms with van der Waals surface area (Å²) in [5.74, 6) is 1.74. The second kappa shape index (κ2) is 3.39. The summed E-state index contributed by atoms with van der Waals surface area (Å²) < 4.78 is 17.1. The number of para-hydroxylation sites is 1. The van der Waals surface area contributed by atoms with Crippen LogP contribution in [0, 0.1) is 0 Å². The van der Waals surface area contributed by atoms with Crippen molar-refractivity contribution in [3.8, 4) is 11.5 Å². The third-order valence-electron chi connectivity index (χ3n) is 3.23. The van der Waals surface area contributed by atoms with Crippen LogP contribution in [-0.2, 0) is 11.2 Å². The Morgan fingerprint density at radius 1 is 1.29 bits per heavy atom. The normalized spacial score (nSPS) is 28.4. The summed E-state index contributed by atoms with van der Waals surface area (Å²) in [5.41, 5.74) is 1.02. The highest BCUT2D eigenvalue weighted by Gasteiger charge is 2.41. The fraction of sp³-hybridized carbons (Fsp3) is 0.571. The molecule has 1 unspecified atom stereocenters. The molecule has 0 bridgehead atoms. The molecule has 17 heavy (non-hydrogen) atoms. The number of fused-ring (bicyclic) bond motifs is 1. The maximum atomic E-state index is 5.95. The van der Waals surface area contributed by atoms with Crippen molar-refractivity contribution >= 4 is 0 Å². The zero-order valence-electron chi connectivity index (χ0n) is 10.6. The zero-order valence-corrected chi connectivity index (χ0v) is 10.6. The molecule has 0 aliphatic carbocycles. The van der Waals surface area contributed by atoms with E-state index < -0.39 is 0 Å². The molecule has 3 heteroatoms. The van der Waals surface area contributed by atoms with Crippen molar-refractivity contribution < 1.29 is 14.2 Å². The molecule has 1 aromatic rings. The van der Waals surface area contributed by atoms with Gasteiger partial charge in [-0.2, -0.15) is 0 Å². The number of rotatable bonds is 3. The summed E-state index contributed by atoms with van der Waals surface area (Å²) in [5, 5.41) is 0. The van der Waals surface area contributed by atoms with Crippen molar-refractivity contribution in [1.82, 2.24) is 0 Å². The van der Waals surface area contributed by atoms with Crippen LogP contribution in [-0.4, -0.2) is 24.4 Å². The van der Waals surface area contributed by atoms with Crippen LogP contribution in [0.2, 0.25) is 0 Å². The monoisotopic (exact) mass is 234 g/mol. The van der Waals surface area contributed by atoms with Gasteiger partial charge in [-0.3, -0.25) is 0 Å². The van der Waals surface area contributed by atoms with Gasteiger partial charge in [-0.1, -0.05) is 12.1 Å². The Bertz CT molecular complexity index is 447. The van der Waals surface area contributed by atoms with Crippen LogP contribution < -0.4 is 9.47 Å². The number of ether oxygens (including phenoxy) is 3. The van der Waals surface area contributed by atoms with Crippen molar-refractivity contribution in [2.75, 3.05) is 13.2 Å². The summed E-state index contributed by atoms with van der Waals surface area (Å²) in [6, 6.07) is 6.09. The highest BCUT2D eigenvalue weighted by molar-refractivity contribution is 5.50. The minimum Gasteiger partial charge on any atom is -0.487 e. The standard InChI is InChI=1S/C14H18O3/c1-13(2)7-10-5-4-6-11(12(10)17-13)15-8-14(3)9-16-14/h4-6H,7-9H2,1-3H3. The third kappa shape index (κ3) is 2.12. The highest BCUT2D eigenvalue weighted by Crippen LogP contribution is 2.42. The molecule has 1 fully saturated rings. The van der Waals surface area contributed by atoms with Crippen molar-refractivity contribution in [3.05, 3.63) is 23.8 Å². The van der Waals surface area contributed by atoms with Gasteiger partial charge in [0.2, 0.25) is 0 Å². The summed E-state index contributed by atoms with van der Waals surface area (Å²) in [6.07, 6.45) is 0.938. The van der Waals surface area contributed by atoms with Crippen molar-refractivity contribution in [2.45, 2.75) is 38.4 Å². The lowest BCUT2D eigenvalue weighted by atomic mass is 10.0. The van der Waals surface area contributed by atoms with Gasteiger partial charge in [0.15, 0.2) is 11.5 Å². The van der Waals surface area contributed by atoms with Gasteiger partial charge in [0, 0.05) is 12.0 Å². The van der Waals surface area contributed by atoms with Gasteiger partial charge in [0.25, 0.3) is 0 Å². The Balaban J connectivity index is 1.80. The van der Waals surface area contributed by atoms with E-state index >= 15 is 0 Å². The van der Waals surface area contributed by atoms with E-state index in [4.69, 9.17) is 14.2 Å². The molecule has 0 radical (unpaired) electrons. The van der Waals surface area contributed by atoms with E-state index in [0.717, 1.165) is 24.5 Å². The lowest BCUT2D eigenvalue weighted by Crippen LogP contribution is -2.25. The first kappa shape index (κ1) is 10.9. The first-order valence-corrected chi connectivity index (χ1v) is 6.05. The number of hydrogen-bond acceptors (Lipinski definition) is 3. The smallest absolute Gasteiger partial charge is 0.165 e. The minimum absolute atomic E-state index is 0.0865. The molecule has 2 aliphatic rings. The molecule has 0 aromatic heterocycles. The Kier molecular flexibility index (Phi) is 2.17. The third-order valence-corrected chi connectivity index (χ3v) is 3.23. The molecule has 92 valence electrons. The number of hydrogen-bond donors (Lipinski definition) is 0. The van der Waals surface area contributed by atoms with Crippen LogP contribution in [0.5, 0.6) is 11.5 Å². The molecule has 1 atom stereocenters. The molecule has 3 rings (SSSR count). The SMILES string of the molecule is CC1(C)Cc2cccc(OCC3(C)CO3)c2O1. The predicted octanol–water partition coefficient (Wildman–Crippen LogP) is 2.57. The average molecular weight is 234 g/mol. The number of epoxide rings is 1. The fourth-order valence-corrected chi connectivity index (χ4v) is 2.14. The van der Waals surface area contributed by atoms with Gasteiger partial charge in [-0.05, 0) is 26.8 Å². The average Bonchev–Trinajstić information content (AvgIpc) is 2.87. The molecule has 0 saturated carbocycles. The van der Waals surface area contributed by atoms with E-state index in [2.05, 4.69) is 26.8 Å². The van der Waals surface area contributed by atoms with Gasteiger partial charge < -0.3 is 14.2 Å². The first-order chi connectivity index (χ1) is 7.98. The molecule has 2 aliphatic heterocycles. The topological polar surface area (TPSA) is 31.0 Å². The van der Waals surface area contributed by atoms with Gasteiger partial charge in [0.05, 0.1) is 6.61 Å². The highest BCUT2D eigenvalue weighted by atomic mass is 16.6. The Labute approximate surface area is 102 Å². The van der Waals surface area contributed by atoms with Crippen molar-refractivity contribution in [3.63, 3.8) is 0 Å². The second-order valence-electron chi connectivity index (χ2n) is 5.81. The zero-order chi connectivity index (χ0) is 12.1. The Morgan fingerprint density at radius 3 is 2.76 bits per heavy atom. The second-order valence-corrected chi connectivity index (χ2v) is 5.81. The summed E-state index contributed by atoms with van der Waals surface area (Å²) in [6.45, 7) is 7.63. The molecule has 1 aromatic carbocycles. The van der Waals surface area contributed by atoms with Crippen LogP contribution >= 0.6 is 0 Å². The fourth-order valence-electron chi connectivity index (χ4n) is 2.14. The summed E-state index contributed by atoms with van der Waals surface area (Å²) in [4.78, 5) is 0. The maximum Gasteiger partial charge on any atom is 0.165 e. The van der Waals surface area contributed by atoms with Crippen molar-refractivity contribution in [2.24, 2.45) is 0 Å². The molecule has 0 spiro atoms. The quantitative estimate of drug-likeness (QED) is 0.753. The van der Waals surface area contributed by atoms with E-state index in [-0.39, 0.29) is 11.2 Å². The lowest BCUT2D eigenvalue weighted by Gasteiger charge is -2.18. The molecule has 2 heterocycles. The van der Waals surface area contributed by atoms with Crippen LogP contribution in [0.15, 0.2) is 18.2 Å². The van der Waals surface area contributed by atoms with Gasteiger partial charge in [-0.15, -0.1) is 0 Å². The van der Waals surface area contributed by atoms with E-state index in [9.17, 15) is 0 Å². The van der Waals surface area contributed by atoms with Crippen LogP contribution in [0.25, 0.3) is 0 Å². The Hall–Kier alpha value is -1.22. The van der Waals surface area contributed by atoms with Crippen LogP contribution in [0.3, 0.4) is 0 Å². The molecule has 0 N–H and O–H groups in total. The summed E-state index contributed by atoms with van der Waals surface area (Å²) >= 11 is 0. The van der Waals surface area contributed by atoms with Crippen LogP contribution in [0.1, 0.15) is 26.3 Å². The van der Waals surface area contributed by atoms with E-state index in [1.54, 1.807) is 0 Å². The minimum atomic E-state index is -0.123. The maximum absolute atomic E-state index is 5.95. The molecule has 3 nitrogen and oxygen atoms in total. The van der Waals surface area contributed by atoms with Gasteiger partial charge in [-0.25, -0.2) is 0 Å². The van der Waals surface area contributed by atoms with Gasteiger partial charge >= 0.3 is 0 Å². The molecular weight excluding hydrogens is 216 g/mol.